The van der Waals surface area contributed by atoms with E-state index in [4.69, 9.17) is 9.57 Å². The van der Waals surface area contributed by atoms with Crippen LogP contribution in [0.2, 0.25) is 0 Å². The average Bonchev–Trinajstić information content (AvgIpc) is 2.81. The molecule has 0 unspecified atom stereocenters. The Hall–Kier alpha value is -1.81. The van der Waals surface area contributed by atoms with Crippen molar-refractivity contribution in [2.75, 3.05) is 0 Å². The molecule has 102 valence electrons. The minimum absolute atomic E-state index is 0.0323. The van der Waals surface area contributed by atoms with Gasteiger partial charge in [0.2, 0.25) is 0 Å². The largest absolute Gasteiger partial charge is 0.457 e. The van der Waals surface area contributed by atoms with Gasteiger partial charge in [-0.05, 0) is 45.8 Å². The number of halogens is 1. The number of oxime groups is 1. The maximum atomic E-state index is 5.77. The number of hydrogen-bond acceptors (Lipinski definition) is 3. The van der Waals surface area contributed by atoms with Crippen molar-refractivity contribution >= 4 is 20.6 Å². The fourth-order valence-corrected chi connectivity index (χ4v) is 2.43. The first-order valence-corrected chi connectivity index (χ1v) is 7.25. The van der Waals surface area contributed by atoms with Gasteiger partial charge in [0.25, 0.3) is 0 Å². The van der Waals surface area contributed by atoms with Crippen LogP contribution in [0.25, 0.3) is 0 Å². The molecule has 0 bridgehead atoms. The lowest BCUT2D eigenvalue weighted by atomic mass is 9.99. The number of ether oxygens (including phenoxy) is 1. The first-order chi connectivity index (χ1) is 9.74. The third-order valence-corrected chi connectivity index (χ3v) is 4.14. The van der Waals surface area contributed by atoms with Gasteiger partial charge in [0.15, 0.2) is 6.10 Å². The molecule has 0 radical (unpaired) electrons. The molecule has 1 aliphatic rings. The van der Waals surface area contributed by atoms with E-state index in [1.165, 1.54) is 0 Å². The van der Waals surface area contributed by atoms with Gasteiger partial charge in [-0.2, -0.15) is 0 Å². The van der Waals surface area contributed by atoms with Crippen molar-refractivity contribution < 1.29 is 9.57 Å². The Labute approximate surface area is 126 Å². The van der Waals surface area contributed by atoms with Gasteiger partial charge in [-0.3, -0.25) is 0 Å². The maximum Gasteiger partial charge on any atom is 0.161 e. The molecule has 1 aliphatic heterocycles. The Balaban J connectivity index is 1.72. The third kappa shape index (κ3) is 2.70. The van der Waals surface area contributed by atoms with E-state index in [0.29, 0.717) is 0 Å². The highest BCUT2D eigenvalue weighted by atomic mass is 79.9. The molecule has 0 fully saturated rings. The number of para-hydroxylation sites is 1. The van der Waals surface area contributed by atoms with Gasteiger partial charge >= 0.3 is 0 Å². The van der Waals surface area contributed by atoms with Crippen molar-refractivity contribution in [1.29, 1.82) is 0 Å². The predicted molar refractivity (Wildman–Crippen MR) is 82.3 cm³/mol. The number of nitrogens with zero attached hydrogens (tertiary/aromatic N) is 1. The second-order valence-corrected chi connectivity index (χ2v) is 5.53. The molecule has 2 aromatic rings. The van der Waals surface area contributed by atoms with Crippen LogP contribution in [0.4, 0.5) is 0 Å². The van der Waals surface area contributed by atoms with Gasteiger partial charge < -0.3 is 9.57 Å². The van der Waals surface area contributed by atoms with Crippen molar-refractivity contribution in [3.63, 3.8) is 0 Å². The Morgan fingerprint density at radius 3 is 2.25 bits per heavy atom. The average molecular weight is 332 g/mol. The summed E-state index contributed by atoms with van der Waals surface area (Å²) in [5.41, 5.74) is 1.09. The highest BCUT2D eigenvalue weighted by Gasteiger charge is 2.30. The van der Waals surface area contributed by atoms with Gasteiger partial charge in [-0.25, -0.2) is 0 Å². The topological polar surface area (TPSA) is 30.8 Å². The molecule has 3 rings (SSSR count). The number of hydrogen-bond donors (Lipinski definition) is 0. The van der Waals surface area contributed by atoms with Gasteiger partial charge in [-0.1, -0.05) is 42.4 Å². The van der Waals surface area contributed by atoms with Crippen molar-refractivity contribution in [2.45, 2.75) is 13.0 Å². The van der Waals surface area contributed by atoms with E-state index in [1.807, 2.05) is 54.6 Å². The van der Waals surface area contributed by atoms with E-state index in [9.17, 15) is 0 Å². The van der Waals surface area contributed by atoms with Crippen molar-refractivity contribution in [3.8, 4) is 11.5 Å². The van der Waals surface area contributed by atoms with E-state index >= 15 is 0 Å². The van der Waals surface area contributed by atoms with E-state index in [0.717, 1.165) is 21.7 Å². The second-order valence-electron chi connectivity index (χ2n) is 4.71. The number of benzene rings is 2. The summed E-state index contributed by atoms with van der Waals surface area (Å²) in [6.07, 6.45) is -0.0323. The van der Waals surface area contributed by atoms with Crippen LogP contribution in [0.5, 0.6) is 11.5 Å². The molecule has 1 heterocycles. The van der Waals surface area contributed by atoms with Crippen molar-refractivity contribution in [1.82, 2.24) is 0 Å². The lowest BCUT2D eigenvalue weighted by molar-refractivity contribution is 0.0653. The SMILES string of the molecule is C[C@H]1C(Br)=NO[C@@H]1c1ccc(Oc2ccccc2)cc1. The zero-order valence-electron chi connectivity index (χ0n) is 11.0. The smallest absolute Gasteiger partial charge is 0.161 e. The van der Waals surface area contributed by atoms with Crippen molar-refractivity contribution in [3.05, 3.63) is 60.2 Å². The quantitative estimate of drug-likeness (QED) is 0.801. The molecule has 0 saturated heterocycles. The lowest BCUT2D eigenvalue weighted by Crippen LogP contribution is -2.09. The fraction of sp³-hybridized carbons (Fsp3) is 0.188. The van der Waals surface area contributed by atoms with Gasteiger partial charge in [0.1, 0.15) is 16.1 Å². The summed E-state index contributed by atoms with van der Waals surface area (Å²) in [4.78, 5) is 5.42. The minimum Gasteiger partial charge on any atom is -0.457 e. The molecular weight excluding hydrogens is 318 g/mol. The molecule has 0 aliphatic carbocycles. The van der Waals surface area contributed by atoms with E-state index in [-0.39, 0.29) is 12.0 Å². The lowest BCUT2D eigenvalue weighted by Gasteiger charge is -2.14. The van der Waals surface area contributed by atoms with E-state index < -0.39 is 0 Å². The molecule has 0 spiro atoms. The standard InChI is InChI=1S/C16H14BrNO2/c1-11-15(20-18-16(11)17)12-7-9-14(10-8-12)19-13-5-3-2-4-6-13/h2-11,15H,1H3/t11-,15+/m1/s1. The first kappa shape index (κ1) is 13.2. The van der Waals surface area contributed by atoms with Crippen LogP contribution in [-0.2, 0) is 4.84 Å². The summed E-state index contributed by atoms with van der Waals surface area (Å²) in [5, 5.41) is 3.97. The number of rotatable bonds is 3. The Morgan fingerprint density at radius 2 is 1.65 bits per heavy atom. The molecule has 0 aromatic heterocycles. The van der Waals surface area contributed by atoms with Gasteiger partial charge in [-0.15, -0.1) is 0 Å². The van der Waals surface area contributed by atoms with Gasteiger partial charge in [0.05, 0.1) is 5.92 Å². The summed E-state index contributed by atoms with van der Waals surface area (Å²) >= 11 is 3.40. The highest BCUT2D eigenvalue weighted by Crippen LogP contribution is 2.35. The molecule has 0 N–H and O–H groups in total. The maximum absolute atomic E-state index is 5.77. The van der Waals surface area contributed by atoms with Crippen LogP contribution in [0.3, 0.4) is 0 Å². The predicted octanol–water partition coefficient (Wildman–Crippen LogP) is 4.89. The molecule has 20 heavy (non-hydrogen) atoms. The molecule has 0 saturated carbocycles. The summed E-state index contributed by atoms with van der Waals surface area (Å²) in [7, 11) is 0. The second kappa shape index (κ2) is 5.67. The van der Waals surface area contributed by atoms with Crippen LogP contribution in [0, 0.1) is 5.92 Å². The normalized spacial score (nSPS) is 21.2. The zero-order chi connectivity index (χ0) is 13.9. The van der Waals surface area contributed by atoms with Crippen molar-refractivity contribution in [2.24, 2.45) is 11.1 Å². The Kier molecular flexibility index (Phi) is 3.74. The Morgan fingerprint density at radius 1 is 1.00 bits per heavy atom. The van der Waals surface area contributed by atoms with E-state index in [1.54, 1.807) is 0 Å². The van der Waals surface area contributed by atoms with Crippen LogP contribution >= 0.6 is 15.9 Å². The van der Waals surface area contributed by atoms with Crippen LogP contribution in [0.1, 0.15) is 18.6 Å². The molecule has 4 heteroatoms. The molecule has 2 atom stereocenters. The van der Waals surface area contributed by atoms with Crippen LogP contribution in [0.15, 0.2) is 59.8 Å². The first-order valence-electron chi connectivity index (χ1n) is 6.46. The fourth-order valence-electron chi connectivity index (χ4n) is 2.11. The molecule has 0 amide bonds. The van der Waals surface area contributed by atoms with Crippen LogP contribution in [-0.4, -0.2) is 4.62 Å². The van der Waals surface area contributed by atoms with Gasteiger partial charge in [0, 0.05) is 0 Å². The van der Waals surface area contributed by atoms with Crippen LogP contribution < -0.4 is 4.74 Å². The summed E-state index contributed by atoms with van der Waals surface area (Å²) in [6, 6.07) is 17.7. The summed E-state index contributed by atoms with van der Waals surface area (Å²) in [5.74, 6) is 1.87. The monoisotopic (exact) mass is 331 g/mol. The summed E-state index contributed by atoms with van der Waals surface area (Å²) < 4.78 is 6.62. The molecule has 3 nitrogen and oxygen atoms in total. The summed E-state index contributed by atoms with van der Waals surface area (Å²) in [6.45, 7) is 2.08. The highest BCUT2D eigenvalue weighted by molar-refractivity contribution is 9.18. The Bertz CT molecular complexity index is 610. The molecule has 2 aromatic carbocycles. The minimum atomic E-state index is -0.0323. The zero-order valence-corrected chi connectivity index (χ0v) is 12.6. The third-order valence-electron chi connectivity index (χ3n) is 3.27. The van der Waals surface area contributed by atoms with E-state index in [2.05, 4.69) is 28.0 Å². The molecular formula is C16H14BrNO2.